The van der Waals surface area contributed by atoms with Gasteiger partial charge < -0.3 is 14.9 Å². The number of aromatic hydroxyl groups is 1. The summed E-state index contributed by atoms with van der Waals surface area (Å²) >= 11 is 2.95. The second-order valence-corrected chi connectivity index (χ2v) is 12.8. The zero-order valence-electron chi connectivity index (χ0n) is 17.9. The zero-order valence-corrected chi connectivity index (χ0v) is 20.3. The number of halogens is 2. The van der Waals surface area contributed by atoms with E-state index in [1.54, 1.807) is 18.0 Å². The van der Waals surface area contributed by atoms with Crippen molar-refractivity contribution in [1.29, 1.82) is 0 Å². The van der Waals surface area contributed by atoms with Crippen LogP contribution in [0.2, 0.25) is 0 Å². The normalized spacial score (nSPS) is 36.5. The monoisotopic (exact) mass is 530 g/mol. The van der Waals surface area contributed by atoms with Crippen LogP contribution in [0.1, 0.15) is 30.4 Å². The van der Waals surface area contributed by atoms with E-state index in [4.69, 9.17) is 4.74 Å². The number of alkyl halides is 1. The Morgan fingerprint density at radius 1 is 1.47 bits per heavy atom. The van der Waals surface area contributed by atoms with Crippen molar-refractivity contribution in [1.82, 2.24) is 9.80 Å². The lowest BCUT2D eigenvalue weighted by Gasteiger charge is -2.64. The van der Waals surface area contributed by atoms with Crippen molar-refractivity contribution in [2.75, 3.05) is 26.7 Å². The number of hydrogen-bond acceptors (Lipinski definition) is 7. The summed E-state index contributed by atoms with van der Waals surface area (Å²) < 4.78 is 41.3. The van der Waals surface area contributed by atoms with Crippen molar-refractivity contribution in [2.24, 2.45) is 0 Å². The van der Waals surface area contributed by atoms with E-state index in [0.29, 0.717) is 38.0 Å². The molecular weight excluding hydrogens is 503 g/mol. The van der Waals surface area contributed by atoms with Crippen LogP contribution in [0.25, 0.3) is 0 Å². The summed E-state index contributed by atoms with van der Waals surface area (Å²) in [6, 6.07) is 3.21. The maximum Gasteiger partial charge on any atom is 0.316 e. The topological polar surface area (TPSA) is 90.3 Å². The second kappa shape index (κ2) is 7.40. The van der Waals surface area contributed by atoms with Crippen LogP contribution >= 0.6 is 15.9 Å². The van der Waals surface area contributed by atoms with Crippen LogP contribution in [0, 0.1) is 0 Å². The van der Waals surface area contributed by atoms with E-state index < -0.39 is 31.5 Å². The Balaban J connectivity index is 1.60. The number of phenolic OH excluding ortho intramolecular Hbond substituents is 1. The molecule has 1 saturated carbocycles. The number of likely N-dealkylation sites (tertiary alicyclic amines) is 1. The highest BCUT2D eigenvalue weighted by atomic mass is 79.9. The molecule has 2 aliphatic heterocycles. The number of rotatable bonds is 6. The average Bonchev–Trinajstić information content (AvgIpc) is 3.06. The number of nitrogens with zero attached hydrogens (tertiary/aromatic N) is 2. The van der Waals surface area contributed by atoms with E-state index in [9.17, 15) is 22.5 Å². The minimum Gasteiger partial charge on any atom is -0.504 e. The zero-order chi connectivity index (χ0) is 23.1. The molecule has 3 unspecified atom stereocenters. The number of phenols is 1. The van der Waals surface area contributed by atoms with Gasteiger partial charge in [0.05, 0.1) is 11.0 Å². The van der Waals surface area contributed by atoms with Gasteiger partial charge in [-0.2, -0.15) is 8.42 Å². The number of hydrogen-bond donors (Lipinski definition) is 2. The molecule has 32 heavy (non-hydrogen) atoms. The van der Waals surface area contributed by atoms with Gasteiger partial charge in [-0.15, -0.1) is 10.5 Å². The minimum atomic E-state index is -4.74. The molecule has 10 heteroatoms. The SMILES string of the molecule is C=CCN1CC[C@]23c4c5ccc(O)c4OC2[C@H](N(C)CC(Br)S(=O)(=O)F)CC[C@@]3(O)C1C5. The average molecular weight is 531 g/mol. The van der Waals surface area contributed by atoms with Gasteiger partial charge in [-0.1, -0.05) is 28.1 Å². The molecule has 0 amide bonds. The van der Waals surface area contributed by atoms with Crippen LogP contribution in [0.15, 0.2) is 24.8 Å². The Hall–Kier alpha value is -1.20. The predicted octanol–water partition coefficient (Wildman–Crippen LogP) is 2.05. The van der Waals surface area contributed by atoms with Gasteiger partial charge in [0.2, 0.25) is 0 Å². The maximum atomic E-state index is 13.5. The summed E-state index contributed by atoms with van der Waals surface area (Å²) in [4.78, 5) is 4.08. The lowest BCUT2D eigenvalue weighted by atomic mass is 9.48. The van der Waals surface area contributed by atoms with Crippen molar-refractivity contribution in [3.63, 3.8) is 0 Å². The van der Waals surface area contributed by atoms with Gasteiger partial charge in [-0.3, -0.25) is 9.80 Å². The third kappa shape index (κ3) is 2.89. The number of likely N-dealkylation sites (N-methyl/N-ethyl adjacent to an activating group) is 1. The highest BCUT2D eigenvalue weighted by Gasteiger charge is 2.73. The van der Waals surface area contributed by atoms with Gasteiger partial charge in [0.25, 0.3) is 0 Å². The first-order valence-electron chi connectivity index (χ1n) is 10.9. The van der Waals surface area contributed by atoms with E-state index in [-0.39, 0.29) is 24.4 Å². The molecule has 2 N–H and O–H groups in total. The van der Waals surface area contributed by atoms with E-state index in [0.717, 1.165) is 17.7 Å². The largest absolute Gasteiger partial charge is 0.504 e. The van der Waals surface area contributed by atoms with Crippen molar-refractivity contribution < 1.29 is 27.3 Å². The van der Waals surface area contributed by atoms with Crippen LogP contribution in [0.5, 0.6) is 11.5 Å². The number of benzene rings is 1. The molecule has 0 radical (unpaired) electrons. The summed E-state index contributed by atoms with van der Waals surface area (Å²) in [6.07, 6.45) is 3.75. The Morgan fingerprint density at radius 3 is 2.91 bits per heavy atom. The first-order valence-corrected chi connectivity index (χ1v) is 13.3. The Kier molecular flexibility index (Phi) is 5.22. The highest BCUT2D eigenvalue weighted by Crippen LogP contribution is 2.65. The molecule has 176 valence electrons. The summed E-state index contributed by atoms with van der Waals surface area (Å²) in [5, 5.41) is 22.9. The van der Waals surface area contributed by atoms with E-state index in [1.165, 1.54) is 0 Å². The fourth-order valence-electron chi connectivity index (χ4n) is 6.89. The summed E-state index contributed by atoms with van der Waals surface area (Å²) in [5.74, 6) is 0.475. The molecule has 7 nitrogen and oxygen atoms in total. The van der Waals surface area contributed by atoms with Gasteiger partial charge in [-0.25, -0.2) is 0 Å². The molecule has 1 aromatic rings. The van der Waals surface area contributed by atoms with Crippen molar-refractivity contribution in [3.05, 3.63) is 35.9 Å². The maximum absolute atomic E-state index is 13.5. The van der Waals surface area contributed by atoms with Crippen molar-refractivity contribution in [2.45, 2.75) is 59.0 Å². The lowest BCUT2D eigenvalue weighted by molar-refractivity contribution is -0.197. The van der Waals surface area contributed by atoms with Crippen LogP contribution in [-0.2, 0) is 22.1 Å². The molecule has 2 heterocycles. The molecule has 4 aliphatic rings. The Morgan fingerprint density at radius 2 is 2.22 bits per heavy atom. The molecule has 6 atom stereocenters. The van der Waals surface area contributed by atoms with E-state index in [1.807, 2.05) is 12.1 Å². The molecule has 2 fully saturated rings. The predicted molar refractivity (Wildman–Crippen MR) is 121 cm³/mol. The molecule has 2 bridgehead atoms. The number of ether oxygens (including phenoxy) is 1. The van der Waals surface area contributed by atoms with Crippen molar-refractivity contribution in [3.8, 4) is 11.5 Å². The third-order valence-electron chi connectivity index (χ3n) is 8.21. The molecule has 1 spiro atoms. The molecule has 1 saturated heterocycles. The minimum absolute atomic E-state index is 0.0490. The van der Waals surface area contributed by atoms with E-state index >= 15 is 0 Å². The molecular formula is C22H28BrFN2O5S. The standard InChI is InChI=1S/C22H28BrFN2O5S/c1-3-9-26-10-8-21-18-13-4-5-15(27)19(18)31-20(21)14(6-7-22(21,28)16(26)11-13)25(2)12-17(23)32(24,29)30/h3-5,14,16-17,20,27-28H,1,6-12H2,2H3/t14-,16?,17?,20?,21+,22-/m1/s1. The lowest BCUT2D eigenvalue weighted by Crippen LogP contribution is -2.78. The van der Waals surface area contributed by atoms with Gasteiger partial charge in [0.15, 0.2) is 15.7 Å². The summed E-state index contributed by atoms with van der Waals surface area (Å²) in [6.45, 7) is 5.25. The van der Waals surface area contributed by atoms with Crippen LogP contribution in [0.4, 0.5) is 3.89 Å². The van der Waals surface area contributed by atoms with Crippen LogP contribution < -0.4 is 4.74 Å². The fourth-order valence-corrected chi connectivity index (χ4v) is 7.76. The highest BCUT2D eigenvalue weighted by molar-refractivity contribution is 9.11. The molecule has 1 aromatic carbocycles. The van der Waals surface area contributed by atoms with Gasteiger partial charge in [0.1, 0.15) is 6.10 Å². The molecule has 5 rings (SSSR count). The first kappa shape index (κ1) is 22.6. The quantitative estimate of drug-likeness (QED) is 0.330. The number of piperidine rings is 1. The summed E-state index contributed by atoms with van der Waals surface area (Å²) in [5.41, 5.74) is 0.190. The second-order valence-electron chi connectivity index (χ2n) is 9.57. The Labute approximate surface area is 196 Å². The molecule has 2 aliphatic carbocycles. The van der Waals surface area contributed by atoms with Gasteiger partial charge in [-0.05, 0) is 50.9 Å². The summed E-state index contributed by atoms with van der Waals surface area (Å²) in [7, 11) is -2.99. The van der Waals surface area contributed by atoms with Crippen molar-refractivity contribution >= 4 is 26.2 Å². The van der Waals surface area contributed by atoms with Gasteiger partial charge in [0, 0.05) is 30.7 Å². The third-order valence-corrected chi connectivity index (χ3v) is 10.6. The van der Waals surface area contributed by atoms with E-state index in [2.05, 4.69) is 27.4 Å². The smallest absolute Gasteiger partial charge is 0.316 e. The van der Waals surface area contributed by atoms with Crippen LogP contribution in [-0.4, -0.2) is 83.1 Å². The molecule has 0 aromatic heterocycles. The van der Waals surface area contributed by atoms with Gasteiger partial charge >= 0.3 is 10.2 Å². The number of aliphatic hydroxyl groups is 1. The Bertz CT molecular complexity index is 1070. The van der Waals surface area contributed by atoms with Crippen LogP contribution in [0.3, 0.4) is 0 Å². The fraction of sp³-hybridized carbons (Fsp3) is 0.636. The first-order chi connectivity index (χ1) is 15.0.